The van der Waals surface area contributed by atoms with E-state index in [4.69, 9.17) is 0 Å². The van der Waals surface area contributed by atoms with Crippen molar-refractivity contribution in [3.63, 3.8) is 0 Å². The summed E-state index contributed by atoms with van der Waals surface area (Å²) in [5, 5.41) is 5.91. The molecule has 1 aromatic carbocycles. The Balaban J connectivity index is 2.02. The van der Waals surface area contributed by atoms with Crippen molar-refractivity contribution in [2.24, 2.45) is 11.0 Å². The van der Waals surface area contributed by atoms with Crippen molar-refractivity contribution in [3.8, 4) is 0 Å². The molecule has 1 aliphatic rings. The van der Waals surface area contributed by atoms with Gasteiger partial charge < -0.3 is 4.98 Å². The van der Waals surface area contributed by atoms with Gasteiger partial charge in [-0.15, -0.1) is 0 Å². The van der Waals surface area contributed by atoms with Crippen molar-refractivity contribution >= 4 is 28.3 Å². The predicted octanol–water partition coefficient (Wildman–Crippen LogP) is 2.62. The highest BCUT2D eigenvalue weighted by molar-refractivity contribution is 6.13. The van der Waals surface area contributed by atoms with Crippen LogP contribution in [0.2, 0.25) is 0 Å². The molecule has 0 fully saturated rings. The van der Waals surface area contributed by atoms with Crippen molar-refractivity contribution in [3.05, 3.63) is 24.0 Å². The lowest BCUT2D eigenvalue weighted by molar-refractivity contribution is -0.116. The lowest BCUT2D eigenvalue weighted by Gasteiger charge is -2.11. The SMILES string of the molecule is Cc1nc2ccc(N3N=C(C(C)C)CC3=O)cc2[nH]1. The van der Waals surface area contributed by atoms with Gasteiger partial charge in [-0.05, 0) is 31.0 Å². The zero-order valence-corrected chi connectivity index (χ0v) is 11.3. The summed E-state index contributed by atoms with van der Waals surface area (Å²) in [5.41, 5.74) is 3.56. The number of imidazole rings is 1. The van der Waals surface area contributed by atoms with Gasteiger partial charge in [0.25, 0.3) is 5.91 Å². The third-order valence-electron chi connectivity index (χ3n) is 3.29. The van der Waals surface area contributed by atoms with Crippen LogP contribution >= 0.6 is 0 Å². The Morgan fingerprint density at radius 1 is 1.37 bits per heavy atom. The van der Waals surface area contributed by atoms with Crippen molar-refractivity contribution < 1.29 is 4.79 Å². The first kappa shape index (κ1) is 11.9. The summed E-state index contributed by atoms with van der Waals surface area (Å²) >= 11 is 0. The lowest BCUT2D eigenvalue weighted by Crippen LogP contribution is -2.19. The number of hydrogen-bond acceptors (Lipinski definition) is 3. The van der Waals surface area contributed by atoms with Crippen LogP contribution in [-0.2, 0) is 4.79 Å². The molecule has 2 aromatic rings. The van der Waals surface area contributed by atoms with Crippen LogP contribution in [0.25, 0.3) is 11.0 Å². The van der Waals surface area contributed by atoms with Crippen LogP contribution in [0, 0.1) is 12.8 Å². The van der Waals surface area contributed by atoms with E-state index in [1.165, 1.54) is 5.01 Å². The highest BCUT2D eigenvalue weighted by atomic mass is 16.2. The van der Waals surface area contributed by atoms with Crippen LogP contribution in [0.15, 0.2) is 23.3 Å². The molecule has 1 N–H and O–H groups in total. The largest absolute Gasteiger partial charge is 0.342 e. The zero-order chi connectivity index (χ0) is 13.6. The number of carbonyl (C=O) groups is 1. The molecule has 0 saturated carbocycles. The maximum Gasteiger partial charge on any atom is 0.253 e. The summed E-state index contributed by atoms with van der Waals surface area (Å²) in [7, 11) is 0. The fourth-order valence-corrected chi connectivity index (χ4v) is 2.23. The number of aromatic nitrogens is 2. The Kier molecular flexibility index (Phi) is 2.62. The normalized spacial score (nSPS) is 15.7. The summed E-state index contributed by atoms with van der Waals surface area (Å²) in [6, 6.07) is 5.71. The summed E-state index contributed by atoms with van der Waals surface area (Å²) in [4.78, 5) is 19.5. The number of anilines is 1. The number of H-pyrrole nitrogens is 1. The molecule has 0 radical (unpaired) electrons. The number of amides is 1. The van der Waals surface area contributed by atoms with Gasteiger partial charge in [0.15, 0.2) is 0 Å². The molecule has 3 rings (SSSR count). The number of rotatable bonds is 2. The first-order valence-electron chi connectivity index (χ1n) is 6.41. The molecule has 5 heteroatoms. The molecule has 1 aliphatic heterocycles. The molecule has 0 unspecified atom stereocenters. The molecule has 0 atom stereocenters. The first-order valence-corrected chi connectivity index (χ1v) is 6.41. The minimum Gasteiger partial charge on any atom is -0.342 e. The quantitative estimate of drug-likeness (QED) is 0.897. The number of aromatic amines is 1. The van der Waals surface area contributed by atoms with Gasteiger partial charge in [-0.3, -0.25) is 4.79 Å². The lowest BCUT2D eigenvalue weighted by atomic mass is 10.1. The van der Waals surface area contributed by atoms with E-state index >= 15 is 0 Å². The Morgan fingerprint density at radius 2 is 2.16 bits per heavy atom. The van der Waals surface area contributed by atoms with Crippen molar-refractivity contribution in [2.45, 2.75) is 27.2 Å². The monoisotopic (exact) mass is 256 g/mol. The highest BCUT2D eigenvalue weighted by Gasteiger charge is 2.26. The van der Waals surface area contributed by atoms with Crippen molar-refractivity contribution in [1.29, 1.82) is 0 Å². The Hall–Kier alpha value is -2.17. The molecule has 0 saturated heterocycles. The van der Waals surface area contributed by atoms with Crippen LogP contribution in [0.1, 0.15) is 26.1 Å². The van der Waals surface area contributed by atoms with E-state index in [2.05, 4.69) is 28.9 Å². The number of hydrogen-bond donors (Lipinski definition) is 1. The molecular weight excluding hydrogens is 240 g/mol. The second-order valence-electron chi connectivity index (χ2n) is 5.15. The number of hydrazone groups is 1. The molecule has 19 heavy (non-hydrogen) atoms. The molecule has 0 aliphatic carbocycles. The molecule has 1 aromatic heterocycles. The van der Waals surface area contributed by atoms with E-state index in [1.807, 2.05) is 25.1 Å². The number of aryl methyl sites for hydroxylation is 1. The molecular formula is C14H16N4O. The minimum absolute atomic E-state index is 0.0271. The van der Waals surface area contributed by atoms with Crippen LogP contribution in [0.5, 0.6) is 0 Å². The van der Waals surface area contributed by atoms with E-state index in [-0.39, 0.29) is 5.91 Å². The highest BCUT2D eigenvalue weighted by Crippen LogP contribution is 2.25. The smallest absolute Gasteiger partial charge is 0.253 e. The summed E-state index contributed by atoms with van der Waals surface area (Å²) in [6.45, 7) is 6.02. The Bertz CT molecular complexity index is 684. The van der Waals surface area contributed by atoms with Crippen LogP contribution in [-0.4, -0.2) is 21.6 Å². The fraction of sp³-hybridized carbons (Fsp3) is 0.357. The molecule has 98 valence electrons. The maximum absolute atomic E-state index is 12.0. The number of benzene rings is 1. The Labute approximate surface area is 111 Å². The van der Waals surface area contributed by atoms with Gasteiger partial charge >= 0.3 is 0 Å². The average Bonchev–Trinajstić information content (AvgIpc) is 2.90. The summed E-state index contributed by atoms with van der Waals surface area (Å²) in [6.07, 6.45) is 0.414. The molecule has 0 spiro atoms. The van der Waals surface area contributed by atoms with Crippen molar-refractivity contribution in [2.75, 3.05) is 5.01 Å². The number of carbonyl (C=O) groups excluding carboxylic acids is 1. The Morgan fingerprint density at radius 3 is 2.84 bits per heavy atom. The third kappa shape index (κ3) is 2.01. The predicted molar refractivity (Wildman–Crippen MR) is 75.2 cm³/mol. The van der Waals surface area contributed by atoms with Crippen LogP contribution in [0.3, 0.4) is 0 Å². The third-order valence-corrected chi connectivity index (χ3v) is 3.29. The van der Waals surface area contributed by atoms with Crippen LogP contribution < -0.4 is 5.01 Å². The summed E-state index contributed by atoms with van der Waals surface area (Å²) < 4.78 is 0. The molecule has 0 bridgehead atoms. The van der Waals surface area contributed by atoms with Gasteiger partial charge in [0.05, 0.1) is 28.9 Å². The van der Waals surface area contributed by atoms with Crippen molar-refractivity contribution in [1.82, 2.24) is 9.97 Å². The molecule has 5 nitrogen and oxygen atoms in total. The van der Waals surface area contributed by atoms with E-state index in [9.17, 15) is 4.79 Å². The maximum atomic E-state index is 12.0. The van der Waals surface area contributed by atoms with E-state index in [1.54, 1.807) is 0 Å². The number of nitrogens with zero attached hydrogens (tertiary/aromatic N) is 3. The second-order valence-corrected chi connectivity index (χ2v) is 5.15. The number of fused-ring (bicyclic) bond motifs is 1. The minimum atomic E-state index is 0.0271. The van der Waals surface area contributed by atoms with Gasteiger partial charge in [0, 0.05) is 0 Å². The zero-order valence-electron chi connectivity index (χ0n) is 11.3. The van der Waals surface area contributed by atoms with Gasteiger partial charge in [0.2, 0.25) is 0 Å². The van der Waals surface area contributed by atoms with Crippen LogP contribution in [0.4, 0.5) is 5.69 Å². The fourth-order valence-electron chi connectivity index (χ4n) is 2.23. The van der Waals surface area contributed by atoms with E-state index in [0.717, 1.165) is 28.3 Å². The van der Waals surface area contributed by atoms with Gasteiger partial charge in [-0.2, -0.15) is 5.10 Å². The standard InChI is InChI=1S/C14H16N4O/c1-8(2)12-7-14(19)18(17-12)10-4-5-11-13(6-10)16-9(3)15-11/h4-6,8H,7H2,1-3H3,(H,15,16). The summed E-state index contributed by atoms with van der Waals surface area (Å²) in [5.74, 6) is 1.19. The molecule has 1 amide bonds. The van der Waals surface area contributed by atoms with Gasteiger partial charge in [-0.1, -0.05) is 13.8 Å². The number of nitrogens with one attached hydrogen (secondary N) is 1. The molecule has 2 heterocycles. The van der Waals surface area contributed by atoms with E-state index in [0.29, 0.717) is 12.3 Å². The topological polar surface area (TPSA) is 61.4 Å². The van der Waals surface area contributed by atoms with Gasteiger partial charge in [0.1, 0.15) is 5.82 Å². The second kappa shape index (κ2) is 4.19. The average molecular weight is 256 g/mol. The first-order chi connectivity index (χ1) is 9.04. The van der Waals surface area contributed by atoms with E-state index < -0.39 is 0 Å². The van der Waals surface area contributed by atoms with Gasteiger partial charge in [-0.25, -0.2) is 9.99 Å².